The van der Waals surface area contributed by atoms with Gasteiger partial charge in [0.1, 0.15) is 12.3 Å². The molecule has 2 amide bonds. The van der Waals surface area contributed by atoms with Gasteiger partial charge < -0.3 is 15.0 Å². The number of nitro benzene ring substituents is 1. The van der Waals surface area contributed by atoms with Crippen molar-refractivity contribution < 1.29 is 19.2 Å². The van der Waals surface area contributed by atoms with Gasteiger partial charge in [-0.05, 0) is 25.3 Å². The lowest BCUT2D eigenvalue weighted by Crippen LogP contribution is -2.48. The van der Waals surface area contributed by atoms with Crippen LogP contribution in [0.1, 0.15) is 19.3 Å². The molecule has 9 nitrogen and oxygen atoms in total. The third-order valence-corrected chi connectivity index (χ3v) is 5.27. The molecule has 0 aromatic heterocycles. The molecule has 0 radical (unpaired) electrons. The molecule has 0 aliphatic carbocycles. The number of halogens is 1. The van der Waals surface area contributed by atoms with Gasteiger partial charge in [0.15, 0.2) is 6.61 Å². The Morgan fingerprint density at radius 2 is 2.07 bits per heavy atom. The number of ether oxygens (including phenoxy) is 1. The Morgan fingerprint density at radius 1 is 1.30 bits per heavy atom. The summed E-state index contributed by atoms with van der Waals surface area (Å²) in [5.41, 5.74) is 0.133. The minimum atomic E-state index is -0.531. The number of amides is 2. The van der Waals surface area contributed by atoms with Crippen LogP contribution in [0.25, 0.3) is 0 Å². The van der Waals surface area contributed by atoms with Crippen LogP contribution < -0.4 is 15.0 Å². The van der Waals surface area contributed by atoms with E-state index in [1.165, 1.54) is 23.1 Å². The number of benzene rings is 1. The van der Waals surface area contributed by atoms with Gasteiger partial charge >= 0.3 is 0 Å². The fourth-order valence-corrected chi connectivity index (χ4v) is 3.88. The summed E-state index contributed by atoms with van der Waals surface area (Å²) in [4.78, 5) is 38.7. The quantitative estimate of drug-likeness (QED) is 0.605. The smallest absolute Gasteiger partial charge is 0.271 e. The molecule has 3 heterocycles. The third kappa shape index (κ3) is 3.84. The van der Waals surface area contributed by atoms with E-state index in [0.29, 0.717) is 30.9 Å². The first kappa shape index (κ1) is 19.4. The molecular formula is C17H21ClN4O5. The zero-order valence-corrected chi connectivity index (χ0v) is 15.4. The Hall–Kier alpha value is -2.39. The Labute approximate surface area is 162 Å². The number of carbonyl (C=O) groups excluding carboxylic acids is 2. The van der Waals surface area contributed by atoms with Gasteiger partial charge in [-0.25, -0.2) is 0 Å². The number of likely N-dealkylation sites (tertiary alicyclic amines) is 1. The lowest BCUT2D eigenvalue weighted by atomic mass is 10.1. The zero-order valence-electron chi connectivity index (χ0n) is 14.6. The first-order valence-corrected chi connectivity index (χ1v) is 8.76. The topological polar surface area (TPSA) is 105 Å². The standard InChI is InChI=1S/C17H20N4O5.ClH/c22-16(19-6-5-11-1-2-12(8-19)18-11)9-20-14-7-13(21(24)25)3-4-15(14)26-10-17(20)23;/h3-4,7,11-12,18H,1-2,5-6,8-10H2;1H. The van der Waals surface area contributed by atoms with Crippen molar-refractivity contribution in [1.29, 1.82) is 0 Å². The van der Waals surface area contributed by atoms with Crippen LogP contribution in [-0.4, -0.2) is 60.0 Å². The molecule has 2 bridgehead atoms. The molecule has 2 unspecified atom stereocenters. The maximum absolute atomic E-state index is 12.8. The second kappa shape index (κ2) is 7.69. The molecule has 3 aliphatic rings. The Kier molecular flexibility index (Phi) is 5.52. The maximum atomic E-state index is 12.8. The number of fused-ring (bicyclic) bond motifs is 3. The number of non-ortho nitro benzene ring substituents is 1. The summed E-state index contributed by atoms with van der Waals surface area (Å²) in [6, 6.07) is 4.84. The van der Waals surface area contributed by atoms with Crippen LogP contribution in [0.5, 0.6) is 5.75 Å². The van der Waals surface area contributed by atoms with Gasteiger partial charge in [-0.15, -0.1) is 12.4 Å². The molecule has 2 fully saturated rings. The molecule has 10 heteroatoms. The number of hydrogen-bond donors (Lipinski definition) is 1. The molecule has 0 saturated carbocycles. The molecule has 3 aliphatic heterocycles. The highest BCUT2D eigenvalue weighted by Gasteiger charge is 2.34. The van der Waals surface area contributed by atoms with Crippen molar-refractivity contribution in [2.45, 2.75) is 31.3 Å². The molecule has 2 atom stereocenters. The highest BCUT2D eigenvalue weighted by Crippen LogP contribution is 2.35. The number of nitro groups is 1. The minimum absolute atomic E-state index is 0. The van der Waals surface area contributed by atoms with Crippen LogP contribution in [0, 0.1) is 10.1 Å². The van der Waals surface area contributed by atoms with Gasteiger partial charge in [0.05, 0.1) is 10.6 Å². The van der Waals surface area contributed by atoms with Gasteiger partial charge in [0.2, 0.25) is 5.91 Å². The van der Waals surface area contributed by atoms with Crippen LogP contribution in [0.15, 0.2) is 18.2 Å². The second-order valence-corrected chi connectivity index (χ2v) is 6.94. The van der Waals surface area contributed by atoms with E-state index < -0.39 is 4.92 Å². The first-order valence-electron chi connectivity index (χ1n) is 8.76. The van der Waals surface area contributed by atoms with Crippen LogP contribution >= 0.6 is 12.4 Å². The van der Waals surface area contributed by atoms with Gasteiger partial charge in [0, 0.05) is 37.3 Å². The summed E-state index contributed by atoms with van der Waals surface area (Å²) in [7, 11) is 0. The van der Waals surface area contributed by atoms with Crippen LogP contribution in [0.2, 0.25) is 0 Å². The predicted octanol–water partition coefficient (Wildman–Crippen LogP) is 1.09. The van der Waals surface area contributed by atoms with Gasteiger partial charge in [-0.1, -0.05) is 0 Å². The number of hydrogen-bond acceptors (Lipinski definition) is 6. The van der Waals surface area contributed by atoms with E-state index in [9.17, 15) is 19.7 Å². The Bertz CT molecular complexity index is 774. The van der Waals surface area contributed by atoms with Gasteiger partial charge in [0.25, 0.3) is 11.6 Å². The Morgan fingerprint density at radius 3 is 2.85 bits per heavy atom. The fraction of sp³-hybridized carbons (Fsp3) is 0.529. The molecule has 2 saturated heterocycles. The van der Waals surface area contributed by atoms with Crippen molar-refractivity contribution in [2.24, 2.45) is 0 Å². The van der Waals surface area contributed by atoms with Crippen molar-refractivity contribution >= 4 is 35.6 Å². The number of anilines is 1. The normalized spacial score (nSPS) is 23.8. The molecule has 1 N–H and O–H groups in total. The summed E-state index contributed by atoms with van der Waals surface area (Å²) >= 11 is 0. The number of rotatable bonds is 3. The summed E-state index contributed by atoms with van der Waals surface area (Å²) in [5, 5.41) is 14.6. The van der Waals surface area contributed by atoms with E-state index >= 15 is 0 Å². The van der Waals surface area contributed by atoms with Gasteiger partial charge in [-0.2, -0.15) is 0 Å². The highest BCUT2D eigenvalue weighted by molar-refractivity contribution is 6.02. The molecule has 146 valence electrons. The van der Waals surface area contributed by atoms with Crippen molar-refractivity contribution in [3.05, 3.63) is 28.3 Å². The van der Waals surface area contributed by atoms with Crippen LogP contribution in [-0.2, 0) is 9.59 Å². The van der Waals surface area contributed by atoms with E-state index in [4.69, 9.17) is 4.74 Å². The first-order chi connectivity index (χ1) is 12.5. The summed E-state index contributed by atoms with van der Waals surface area (Å²) in [5.74, 6) is -0.146. The second-order valence-electron chi connectivity index (χ2n) is 6.94. The van der Waals surface area contributed by atoms with E-state index in [1.54, 1.807) is 4.90 Å². The monoisotopic (exact) mass is 396 g/mol. The average Bonchev–Trinajstić information content (AvgIpc) is 2.95. The van der Waals surface area contributed by atoms with Gasteiger partial charge in [-0.3, -0.25) is 24.6 Å². The molecule has 1 aromatic rings. The van der Waals surface area contributed by atoms with Crippen molar-refractivity contribution in [3.8, 4) is 5.75 Å². The zero-order chi connectivity index (χ0) is 18.3. The lowest BCUT2D eigenvalue weighted by molar-refractivity contribution is -0.384. The molecule has 27 heavy (non-hydrogen) atoms. The lowest BCUT2D eigenvalue weighted by Gasteiger charge is -2.31. The van der Waals surface area contributed by atoms with Crippen molar-refractivity contribution in [2.75, 3.05) is 31.1 Å². The molecule has 0 spiro atoms. The summed E-state index contributed by atoms with van der Waals surface area (Å²) in [6.07, 6.45) is 3.10. The van der Waals surface area contributed by atoms with Crippen molar-refractivity contribution in [1.82, 2.24) is 10.2 Å². The number of nitrogens with one attached hydrogen (secondary N) is 1. The minimum Gasteiger partial charge on any atom is -0.482 e. The molecule has 4 rings (SSSR count). The van der Waals surface area contributed by atoms with Crippen molar-refractivity contribution in [3.63, 3.8) is 0 Å². The molecule has 1 aromatic carbocycles. The van der Waals surface area contributed by atoms with E-state index in [-0.39, 0.29) is 48.7 Å². The third-order valence-electron chi connectivity index (χ3n) is 5.27. The van der Waals surface area contributed by atoms with E-state index in [1.807, 2.05) is 0 Å². The molecular weight excluding hydrogens is 376 g/mol. The van der Waals surface area contributed by atoms with E-state index in [0.717, 1.165) is 19.3 Å². The van der Waals surface area contributed by atoms with E-state index in [2.05, 4.69) is 5.32 Å². The number of carbonyl (C=O) groups is 2. The summed E-state index contributed by atoms with van der Waals surface area (Å²) < 4.78 is 5.34. The maximum Gasteiger partial charge on any atom is 0.271 e. The predicted molar refractivity (Wildman–Crippen MR) is 99.3 cm³/mol. The fourth-order valence-electron chi connectivity index (χ4n) is 3.88. The average molecular weight is 397 g/mol. The van der Waals surface area contributed by atoms with Crippen LogP contribution in [0.3, 0.4) is 0 Å². The summed E-state index contributed by atoms with van der Waals surface area (Å²) in [6.45, 7) is 0.987. The number of nitrogens with zero attached hydrogens (tertiary/aromatic N) is 3. The Balaban J connectivity index is 0.00000210. The van der Waals surface area contributed by atoms with Crippen LogP contribution in [0.4, 0.5) is 11.4 Å². The largest absolute Gasteiger partial charge is 0.482 e. The highest BCUT2D eigenvalue weighted by atomic mass is 35.5. The SMILES string of the molecule is Cl.O=C(CN1C(=O)COc2ccc([N+](=O)[O-])cc21)N1CCC2CCC(C1)N2.